The van der Waals surface area contributed by atoms with Crippen molar-refractivity contribution in [3.05, 3.63) is 0 Å². The average Bonchev–Trinajstić information content (AvgIpc) is 2.44. The largest absolute Gasteiger partial charge is 3.00 e. The summed E-state index contributed by atoms with van der Waals surface area (Å²) in [4.78, 5) is 46.3. The Kier molecular flexibility index (Phi) is 20.3. The third-order valence-corrected chi connectivity index (χ3v) is 1.42. The predicted octanol–water partition coefficient (Wildman–Crippen LogP) is -1.01. The molecule has 0 rings (SSSR count). The molecule has 0 radical (unpaired) electrons. The van der Waals surface area contributed by atoms with E-state index in [9.17, 15) is 62.3 Å². The number of rotatable bonds is 2. The molecule has 0 aromatic heterocycles. The zero-order chi connectivity index (χ0) is 26.6. The molecule has 0 amide bonds. The molecule has 0 aliphatic heterocycles. The fourth-order valence-corrected chi connectivity index (χ4v) is 0.326. The van der Waals surface area contributed by atoms with Gasteiger partial charge in [-0.1, -0.05) is 0 Å². The van der Waals surface area contributed by atoms with E-state index in [1.807, 2.05) is 0 Å². The van der Waals surface area contributed by atoms with Gasteiger partial charge < -0.3 is 29.7 Å². The van der Waals surface area contributed by atoms with Crippen LogP contribution in [0.15, 0.2) is 0 Å². The summed E-state index contributed by atoms with van der Waals surface area (Å²) in [6, 6.07) is 0. The molecule has 0 saturated heterocycles. The standard InChI is InChI=1S/C5H5F3O2.3C2HF3O2.Pr/c1-3(9)2-4(10)5(6,7)8;3*3-2(4,5)1(6)7;/h2H2,1H3;3*(H,6,7);/q;;;;+3/p-3. The zero-order valence-corrected chi connectivity index (χ0v) is 18.3. The fraction of sp³-hybridized carbons (Fsp3) is 0.545. The summed E-state index contributed by atoms with van der Waals surface area (Å²) >= 11 is 0. The Bertz CT molecular complexity index is 576. The maximum atomic E-state index is 11.3. The van der Waals surface area contributed by atoms with Crippen molar-refractivity contribution in [2.45, 2.75) is 38.0 Å². The van der Waals surface area contributed by atoms with E-state index in [-0.39, 0.29) is 41.3 Å². The van der Waals surface area contributed by atoms with Gasteiger partial charge in [-0.05, 0) is 6.92 Å². The van der Waals surface area contributed by atoms with Gasteiger partial charge in [0, 0.05) is 0 Å². The summed E-state index contributed by atoms with van der Waals surface area (Å²) < 4.78 is 129. The number of alkyl halides is 12. The van der Waals surface area contributed by atoms with Crippen molar-refractivity contribution in [3.63, 3.8) is 0 Å². The Hall–Kier alpha value is -1.73. The van der Waals surface area contributed by atoms with E-state index >= 15 is 0 Å². The summed E-state index contributed by atoms with van der Waals surface area (Å²) in [7, 11) is 0. The van der Waals surface area contributed by atoms with Crippen LogP contribution in [-0.4, -0.2) is 54.2 Å². The number of hydrogen-bond donors (Lipinski definition) is 0. The first-order valence-electron chi connectivity index (χ1n) is 6.11. The van der Waals surface area contributed by atoms with E-state index in [0.29, 0.717) is 0 Å². The van der Waals surface area contributed by atoms with E-state index in [1.54, 1.807) is 0 Å². The van der Waals surface area contributed by atoms with Crippen molar-refractivity contribution >= 4 is 29.5 Å². The van der Waals surface area contributed by atoms with E-state index < -0.39 is 60.6 Å². The number of carboxylic acid groups (broad SMARTS) is 3. The quantitative estimate of drug-likeness (QED) is 0.277. The maximum Gasteiger partial charge on any atom is 3.00 e. The van der Waals surface area contributed by atoms with E-state index in [4.69, 9.17) is 29.7 Å². The summed E-state index contributed by atoms with van der Waals surface area (Å²) in [6.07, 6.45) is -21.5. The number of aliphatic carboxylic acids is 3. The molecule has 184 valence electrons. The molecule has 0 atom stereocenters. The molecule has 32 heavy (non-hydrogen) atoms. The van der Waals surface area contributed by atoms with E-state index in [2.05, 4.69) is 0 Å². The number of carbonyl (C=O) groups is 5. The molecule has 0 aliphatic rings. The Balaban J connectivity index is -0.000000102. The van der Waals surface area contributed by atoms with Crippen LogP contribution in [0.1, 0.15) is 13.3 Å². The molecule has 0 saturated carbocycles. The van der Waals surface area contributed by atoms with Crippen molar-refractivity contribution < 1.29 is 133 Å². The third-order valence-electron chi connectivity index (χ3n) is 1.42. The number of hydrogen-bond acceptors (Lipinski definition) is 8. The second kappa shape index (κ2) is 16.0. The monoisotopic (exact) mass is 634 g/mol. The smallest absolute Gasteiger partial charge is 0.542 e. The summed E-state index contributed by atoms with van der Waals surface area (Å²) in [6.45, 7) is 0.934. The molecule has 0 aromatic carbocycles. The number of carboxylic acids is 3. The molecular formula is C11H5F12O8Pr. The molecule has 0 aromatic rings. The van der Waals surface area contributed by atoms with Crippen molar-refractivity contribution in [2.24, 2.45) is 0 Å². The Morgan fingerprint density at radius 2 is 0.688 bits per heavy atom. The molecule has 0 N–H and O–H groups in total. The van der Waals surface area contributed by atoms with Crippen molar-refractivity contribution in [1.82, 2.24) is 0 Å². The average molecular weight is 634 g/mol. The SMILES string of the molecule is CC(=O)CC(=O)C(F)(F)F.O=C([O-])C(F)(F)F.O=C([O-])C(F)(F)F.O=C([O-])C(F)(F)F.[Pr+3]. The van der Waals surface area contributed by atoms with Crippen LogP contribution in [-0.2, 0) is 24.0 Å². The minimum atomic E-state index is -5.19. The van der Waals surface area contributed by atoms with Gasteiger partial charge in [0.05, 0.1) is 6.42 Å². The summed E-state index contributed by atoms with van der Waals surface area (Å²) in [5.41, 5.74) is 0. The number of carbonyl (C=O) groups excluding carboxylic acids is 5. The predicted molar refractivity (Wildman–Crippen MR) is 59.5 cm³/mol. The Morgan fingerprint density at radius 1 is 0.531 bits per heavy atom. The molecule has 21 heteroatoms. The minimum absolute atomic E-state index is 0. The van der Waals surface area contributed by atoms with Crippen LogP contribution in [0, 0.1) is 41.3 Å². The first kappa shape index (κ1) is 40.6. The van der Waals surface area contributed by atoms with Gasteiger partial charge in [0.2, 0.25) is 5.78 Å². The molecule has 0 aliphatic carbocycles. The van der Waals surface area contributed by atoms with Gasteiger partial charge >= 0.3 is 66.0 Å². The van der Waals surface area contributed by atoms with Crippen LogP contribution in [0.25, 0.3) is 0 Å². The van der Waals surface area contributed by atoms with Crippen LogP contribution in [0.5, 0.6) is 0 Å². The van der Waals surface area contributed by atoms with Crippen LogP contribution in [0.4, 0.5) is 52.7 Å². The Morgan fingerprint density at radius 3 is 0.719 bits per heavy atom. The second-order valence-electron chi connectivity index (χ2n) is 4.16. The van der Waals surface area contributed by atoms with Crippen molar-refractivity contribution in [2.75, 3.05) is 0 Å². The minimum Gasteiger partial charge on any atom is -0.542 e. The van der Waals surface area contributed by atoms with Crippen LogP contribution in [0.3, 0.4) is 0 Å². The molecular weight excluding hydrogens is 629 g/mol. The topological polar surface area (TPSA) is 155 Å². The van der Waals surface area contributed by atoms with Gasteiger partial charge in [-0.3, -0.25) is 9.59 Å². The molecule has 0 spiro atoms. The number of ketones is 2. The van der Waals surface area contributed by atoms with Crippen LogP contribution >= 0.6 is 0 Å². The normalized spacial score (nSPS) is 10.9. The van der Waals surface area contributed by atoms with Gasteiger partial charge in [0.15, 0.2) is 0 Å². The van der Waals surface area contributed by atoms with Gasteiger partial charge in [-0.2, -0.15) is 52.7 Å². The first-order chi connectivity index (χ1) is 13.2. The van der Waals surface area contributed by atoms with E-state index in [1.165, 1.54) is 0 Å². The molecule has 0 unspecified atom stereocenters. The number of halogens is 12. The first-order valence-corrected chi connectivity index (χ1v) is 6.11. The maximum absolute atomic E-state index is 11.3. The molecule has 0 heterocycles. The Labute approximate surface area is 200 Å². The number of Topliss-reactive ketones (excluding diaryl/α,β-unsaturated/α-hetero) is 2. The van der Waals surface area contributed by atoms with Crippen LogP contribution in [0.2, 0.25) is 0 Å². The van der Waals surface area contributed by atoms with Gasteiger partial charge in [-0.15, -0.1) is 0 Å². The molecule has 0 fully saturated rings. The summed E-state index contributed by atoms with van der Waals surface area (Å²) in [5, 5.41) is 26.4. The second-order valence-corrected chi connectivity index (χ2v) is 4.16. The third kappa shape index (κ3) is 30.5. The molecule has 0 bridgehead atoms. The zero-order valence-electron chi connectivity index (χ0n) is 14.6. The van der Waals surface area contributed by atoms with Gasteiger partial charge in [0.1, 0.15) is 23.7 Å². The van der Waals surface area contributed by atoms with Crippen LogP contribution < -0.4 is 15.3 Å². The molecule has 8 nitrogen and oxygen atoms in total. The van der Waals surface area contributed by atoms with Crippen molar-refractivity contribution in [3.8, 4) is 0 Å². The van der Waals surface area contributed by atoms with Crippen molar-refractivity contribution in [1.29, 1.82) is 0 Å². The van der Waals surface area contributed by atoms with Gasteiger partial charge in [-0.25, -0.2) is 0 Å². The van der Waals surface area contributed by atoms with Gasteiger partial charge in [0.25, 0.3) is 0 Å². The van der Waals surface area contributed by atoms with E-state index in [0.717, 1.165) is 6.92 Å². The summed E-state index contributed by atoms with van der Waals surface area (Å²) in [5.74, 6) is -11.8. The fourth-order valence-electron chi connectivity index (χ4n) is 0.326.